The molecule has 9 heteroatoms. The second kappa shape index (κ2) is 8.20. The molecule has 0 saturated heterocycles. The quantitative estimate of drug-likeness (QED) is 0.358. The first-order valence-corrected chi connectivity index (χ1v) is 6.71. The fourth-order valence-corrected chi connectivity index (χ4v) is 1.51. The second-order valence-electron chi connectivity index (χ2n) is 4.65. The van der Waals surface area contributed by atoms with Crippen molar-refractivity contribution < 1.29 is 14.3 Å². The van der Waals surface area contributed by atoms with Crippen LogP contribution in [0.25, 0.3) is 0 Å². The van der Waals surface area contributed by atoms with Crippen molar-refractivity contribution >= 4 is 17.9 Å². The maximum absolute atomic E-state index is 11.7. The highest BCUT2D eigenvalue weighted by molar-refractivity contribution is 5.78. The standard InChI is InChI=1S/C12H22N6O3/c1-5-6-21-12-16-10(15-11(17-12)18-13)14-8(7(2)3)9(19)20-4/h7-8H,5-6,13H2,1-4H3,(H2,14,15,16,17,18). The van der Waals surface area contributed by atoms with Gasteiger partial charge >= 0.3 is 12.0 Å². The zero-order valence-corrected chi connectivity index (χ0v) is 12.7. The van der Waals surface area contributed by atoms with Gasteiger partial charge in [0.25, 0.3) is 0 Å². The van der Waals surface area contributed by atoms with Gasteiger partial charge in [-0.3, -0.25) is 5.43 Å². The number of aromatic nitrogens is 3. The number of nitrogens with one attached hydrogen (secondary N) is 2. The van der Waals surface area contributed by atoms with E-state index in [0.717, 1.165) is 6.42 Å². The molecule has 9 nitrogen and oxygen atoms in total. The number of nitrogens with two attached hydrogens (primary N) is 1. The molecule has 1 aromatic rings. The molecule has 118 valence electrons. The summed E-state index contributed by atoms with van der Waals surface area (Å²) < 4.78 is 10.1. The maximum Gasteiger partial charge on any atom is 0.328 e. The third-order valence-corrected chi connectivity index (χ3v) is 2.59. The summed E-state index contributed by atoms with van der Waals surface area (Å²) in [6.45, 7) is 6.20. The van der Waals surface area contributed by atoms with Crippen molar-refractivity contribution in [2.45, 2.75) is 33.2 Å². The van der Waals surface area contributed by atoms with Crippen LogP contribution in [0.4, 0.5) is 11.9 Å². The summed E-state index contributed by atoms with van der Waals surface area (Å²) in [5, 5.41) is 2.91. The molecule has 0 spiro atoms. The highest BCUT2D eigenvalue weighted by Gasteiger charge is 2.24. The van der Waals surface area contributed by atoms with E-state index < -0.39 is 12.0 Å². The molecule has 0 aliphatic carbocycles. The zero-order chi connectivity index (χ0) is 15.8. The Kier molecular flexibility index (Phi) is 6.60. The SMILES string of the molecule is CCCOc1nc(NN)nc(NC(C(=O)OC)C(C)C)n1. The molecule has 21 heavy (non-hydrogen) atoms. The van der Waals surface area contributed by atoms with E-state index in [0.29, 0.717) is 6.61 Å². The average Bonchev–Trinajstić information content (AvgIpc) is 2.49. The number of anilines is 2. The highest BCUT2D eigenvalue weighted by Crippen LogP contribution is 2.14. The Morgan fingerprint density at radius 2 is 1.95 bits per heavy atom. The lowest BCUT2D eigenvalue weighted by molar-refractivity contribution is -0.142. The van der Waals surface area contributed by atoms with Gasteiger partial charge in [0.1, 0.15) is 6.04 Å². The summed E-state index contributed by atoms with van der Waals surface area (Å²) in [6, 6.07) is -0.447. The van der Waals surface area contributed by atoms with Gasteiger partial charge in [0.15, 0.2) is 0 Å². The molecule has 0 aliphatic heterocycles. The van der Waals surface area contributed by atoms with Gasteiger partial charge in [0.2, 0.25) is 11.9 Å². The molecule has 0 amide bonds. The Hall–Kier alpha value is -2.16. The van der Waals surface area contributed by atoms with Crippen molar-refractivity contribution in [1.29, 1.82) is 0 Å². The minimum absolute atomic E-state index is 0.0106. The Labute approximate surface area is 123 Å². The van der Waals surface area contributed by atoms with Gasteiger partial charge in [-0.2, -0.15) is 15.0 Å². The van der Waals surface area contributed by atoms with Crippen molar-refractivity contribution in [1.82, 2.24) is 15.0 Å². The van der Waals surface area contributed by atoms with E-state index >= 15 is 0 Å². The minimum Gasteiger partial charge on any atom is -0.467 e. The maximum atomic E-state index is 11.7. The molecule has 0 aromatic carbocycles. The Bertz CT molecular complexity index is 468. The number of ether oxygens (including phenoxy) is 2. The van der Waals surface area contributed by atoms with Crippen molar-refractivity contribution in [3.8, 4) is 6.01 Å². The first-order chi connectivity index (χ1) is 10.0. The molecule has 4 N–H and O–H groups in total. The largest absolute Gasteiger partial charge is 0.467 e. The summed E-state index contributed by atoms with van der Waals surface area (Å²) in [5.41, 5.74) is 2.33. The Morgan fingerprint density at radius 3 is 2.48 bits per heavy atom. The fourth-order valence-electron chi connectivity index (χ4n) is 1.51. The number of hydrogen-bond acceptors (Lipinski definition) is 9. The number of esters is 1. The number of carbonyl (C=O) groups excluding carboxylic acids is 1. The molecule has 0 bridgehead atoms. The number of rotatable bonds is 8. The summed E-state index contributed by atoms with van der Waals surface area (Å²) >= 11 is 0. The van der Waals surface area contributed by atoms with Crippen LogP contribution in [0.15, 0.2) is 0 Å². The normalized spacial score (nSPS) is 11.9. The summed E-state index contributed by atoms with van der Waals surface area (Å²) in [5.74, 6) is 5.24. The number of methoxy groups -OCH3 is 1. The summed E-state index contributed by atoms with van der Waals surface area (Å²) in [4.78, 5) is 23.9. The Morgan fingerprint density at radius 1 is 1.29 bits per heavy atom. The van der Waals surface area contributed by atoms with Crippen LogP contribution in [0, 0.1) is 5.92 Å². The minimum atomic E-state index is -0.581. The number of hydrogen-bond donors (Lipinski definition) is 3. The van der Waals surface area contributed by atoms with Crippen LogP contribution < -0.4 is 21.3 Å². The van der Waals surface area contributed by atoms with Crippen LogP contribution in [-0.2, 0) is 9.53 Å². The van der Waals surface area contributed by atoms with Crippen molar-refractivity contribution in [2.24, 2.45) is 11.8 Å². The van der Waals surface area contributed by atoms with Gasteiger partial charge in [0.05, 0.1) is 13.7 Å². The predicted molar refractivity (Wildman–Crippen MR) is 77.7 cm³/mol. The number of nitrogens with zero attached hydrogens (tertiary/aromatic N) is 3. The van der Waals surface area contributed by atoms with Gasteiger partial charge in [-0.05, 0) is 12.3 Å². The van der Waals surface area contributed by atoms with Crippen LogP contribution in [0.5, 0.6) is 6.01 Å². The molecule has 0 saturated carbocycles. The molecular weight excluding hydrogens is 276 g/mol. The first-order valence-electron chi connectivity index (χ1n) is 6.71. The second-order valence-corrected chi connectivity index (χ2v) is 4.65. The van der Waals surface area contributed by atoms with Crippen molar-refractivity contribution in [3.63, 3.8) is 0 Å². The smallest absolute Gasteiger partial charge is 0.328 e. The van der Waals surface area contributed by atoms with E-state index in [1.54, 1.807) is 0 Å². The third-order valence-electron chi connectivity index (χ3n) is 2.59. The molecule has 1 aromatic heterocycles. The van der Waals surface area contributed by atoms with Crippen LogP contribution in [0.1, 0.15) is 27.2 Å². The lowest BCUT2D eigenvalue weighted by atomic mass is 10.1. The van der Waals surface area contributed by atoms with Crippen molar-refractivity contribution in [3.05, 3.63) is 0 Å². The third kappa shape index (κ3) is 5.03. The molecule has 1 heterocycles. The number of hydrazine groups is 1. The van der Waals surface area contributed by atoms with E-state index in [4.69, 9.17) is 15.3 Å². The summed E-state index contributed by atoms with van der Waals surface area (Å²) in [6.07, 6.45) is 0.816. The lowest BCUT2D eigenvalue weighted by Crippen LogP contribution is -2.36. The average molecular weight is 298 g/mol. The van der Waals surface area contributed by atoms with E-state index in [9.17, 15) is 4.79 Å². The zero-order valence-electron chi connectivity index (χ0n) is 12.7. The van der Waals surface area contributed by atoms with Gasteiger partial charge in [0, 0.05) is 0 Å². The first kappa shape index (κ1) is 16.9. The van der Waals surface area contributed by atoms with E-state index in [-0.39, 0.29) is 23.8 Å². The van der Waals surface area contributed by atoms with Gasteiger partial charge in [-0.1, -0.05) is 20.8 Å². The fraction of sp³-hybridized carbons (Fsp3) is 0.667. The monoisotopic (exact) mass is 298 g/mol. The molecule has 1 atom stereocenters. The highest BCUT2D eigenvalue weighted by atomic mass is 16.5. The predicted octanol–water partition coefficient (Wildman–Crippen LogP) is 0.555. The van der Waals surface area contributed by atoms with E-state index in [1.165, 1.54) is 7.11 Å². The molecule has 1 rings (SSSR count). The topological polar surface area (TPSA) is 124 Å². The van der Waals surface area contributed by atoms with Gasteiger partial charge < -0.3 is 14.8 Å². The lowest BCUT2D eigenvalue weighted by Gasteiger charge is -2.20. The van der Waals surface area contributed by atoms with E-state index in [2.05, 4.69) is 25.7 Å². The summed E-state index contributed by atoms with van der Waals surface area (Å²) in [7, 11) is 1.33. The van der Waals surface area contributed by atoms with Gasteiger partial charge in [-0.15, -0.1) is 0 Å². The van der Waals surface area contributed by atoms with Crippen LogP contribution >= 0.6 is 0 Å². The van der Waals surface area contributed by atoms with Crippen molar-refractivity contribution in [2.75, 3.05) is 24.5 Å². The van der Waals surface area contributed by atoms with E-state index in [1.807, 2.05) is 20.8 Å². The molecule has 1 unspecified atom stereocenters. The Balaban J connectivity index is 2.96. The number of carbonyl (C=O) groups is 1. The molecule has 0 aliphatic rings. The molecular formula is C12H22N6O3. The molecule has 0 fully saturated rings. The van der Waals surface area contributed by atoms with Gasteiger partial charge in [-0.25, -0.2) is 10.6 Å². The molecule has 0 radical (unpaired) electrons. The van der Waals surface area contributed by atoms with Crippen LogP contribution in [-0.4, -0.2) is 40.7 Å². The van der Waals surface area contributed by atoms with Crippen LogP contribution in [0.2, 0.25) is 0 Å². The van der Waals surface area contributed by atoms with Crippen LogP contribution in [0.3, 0.4) is 0 Å². The number of nitrogen functional groups attached to an aromatic ring is 1.